The third kappa shape index (κ3) is 11.1. The fourth-order valence-corrected chi connectivity index (χ4v) is 3.96. The largest absolute Gasteiger partial charge is 0.509 e. The normalized spacial score (nSPS) is 17.5. The van der Waals surface area contributed by atoms with Crippen LogP contribution in [-0.4, -0.2) is 66.1 Å². The summed E-state index contributed by atoms with van der Waals surface area (Å²) in [6.07, 6.45) is 1.06. The second kappa shape index (κ2) is 14.7. The number of hydrogen-bond donors (Lipinski definition) is 1. The van der Waals surface area contributed by atoms with E-state index in [2.05, 4.69) is 9.64 Å². The lowest BCUT2D eigenvalue weighted by Crippen LogP contribution is -2.37. The monoisotopic (exact) mass is 473 g/mol. The second-order valence-electron chi connectivity index (χ2n) is 6.81. The first kappa shape index (κ1) is 26.8. The average Bonchev–Trinajstić information content (AvgIpc) is 2.70. The molecule has 0 amide bonds. The van der Waals surface area contributed by atoms with E-state index in [1.807, 2.05) is 24.3 Å². The van der Waals surface area contributed by atoms with Gasteiger partial charge in [-0.15, -0.1) is 11.8 Å². The van der Waals surface area contributed by atoms with E-state index in [-0.39, 0.29) is 17.3 Å². The van der Waals surface area contributed by atoms with Crippen LogP contribution in [0.4, 0.5) is 4.79 Å². The molecule has 31 heavy (non-hydrogen) atoms. The van der Waals surface area contributed by atoms with Crippen molar-refractivity contribution in [1.82, 2.24) is 4.90 Å². The molecule has 0 radical (unpaired) electrons. The molecule has 0 aromatic heterocycles. The number of halogens is 1. The summed E-state index contributed by atoms with van der Waals surface area (Å²) in [5.41, 5.74) is 1.81. The maximum atomic E-state index is 11.5. The van der Waals surface area contributed by atoms with Gasteiger partial charge >= 0.3 is 12.1 Å². The Labute approximate surface area is 191 Å². The fourth-order valence-electron chi connectivity index (χ4n) is 2.81. The Morgan fingerprint density at radius 3 is 2.61 bits per heavy atom. The molecule has 8 nitrogen and oxygen atoms in total. The number of carbonyl (C=O) groups is 3. The third-order valence-electron chi connectivity index (χ3n) is 4.06. The van der Waals surface area contributed by atoms with Crippen LogP contribution in [-0.2, 0) is 30.3 Å². The van der Waals surface area contributed by atoms with Crippen LogP contribution in [0.3, 0.4) is 0 Å². The van der Waals surface area contributed by atoms with E-state index in [4.69, 9.17) is 25.9 Å². The van der Waals surface area contributed by atoms with E-state index >= 15 is 0 Å². The Morgan fingerprint density at radius 1 is 1.35 bits per heavy atom. The van der Waals surface area contributed by atoms with Crippen molar-refractivity contribution >= 4 is 42.0 Å². The SMILES string of the molecule is CC(C)OC(=O)OCSC1CCN(Cc2ccccc2Cl)C/C1=C/C(=O)O.COC=O. The number of piperidine rings is 1. The number of ether oxygens (including phenoxy) is 3. The number of carbonyl (C=O) groups excluding carboxylic acids is 2. The van der Waals surface area contributed by atoms with E-state index in [1.165, 1.54) is 24.9 Å². The van der Waals surface area contributed by atoms with Crippen molar-refractivity contribution in [1.29, 1.82) is 0 Å². The first-order chi connectivity index (χ1) is 14.8. The Morgan fingerprint density at radius 2 is 2.03 bits per heavy atom. The number of benzene rings is 1. The van der Waals surface area contributed by atoms with Crippen LogP contribution >= 0.6 is 23.4 Å². The molecule has 2 rings (SSSR count). The number of nitrogens with zero attached hydrogens (tertiary/aromatic N) is 1. The highest BCUT2D eigenvalue weighted by Crippen LogP contribution is 2.29. The topological polar surface area (TPSA) is 102 Å². The van der Waals surface area contributed by atoms with Crippen LogP contribution in [0.15, 0.2) is 35.9 Å². The lowest BCUT2D eigenvalue weighted by atomic mass is 10.0. The first-order valence-electron chi connectivity index (χ1n) is 9.57. The van der Waals surface area contributed by atoms with Gasteiger partial charge in [-0.25, -0.2) is 9.59 Å². The minimum atomic E-state index is -0.977. The Kier molecular flexibility index (Phi) is 12.7. The van der Waals surface area contributed by atoms with Gasteiger partial charge in [-0.2, -0.15) is 0 Å². The summed E-state index contributed by atoms with van der Waals surface area (Å²) < 4.78 is 13.8. The van der Waals surface area contributed by atoms with E-state index in [9.17, 15) is 14.7 Å². The molecular weight excluding hydrogens is 446 g/mol. The minimum absolute atomic E-state index is 0.0181. The molecule has 1 aromatic rings. The van der Waals surface area contributed by atoms with Gasteiger partial charge in [0.1, 0.15) is 5.94 Å². The Hall–Kier alpha value is -2.23. The zero-order valence-electron chi connectivity index (χ0n) is 17.8. The van der Waals surface area contributed by atoms with Crippen molar-refractivity contribution in [2.45, 2.75) is 38.2 Å². The van der Waals surface area contributed by atoms with Gasteiger partial charge < -0.3 is 19.3 Å². The number of thioether (sulfide) groups is 1. The molecule has 10 heteroatoms. The lowest BCUT2D eigenvalue weighted by Gasteiger charge is -2.34. The van der Waals surface area contributed by atoms with Crippen molar-refractivity contribution in [3.63, 3.8) is 0 Å². The number of hydrogen-bond acceptors (Lipinski definition) is 8. The van der Waals surface area contributed by atoms with Gasteiger partial charge in [0.25, 0.3) is 6.47 Å². The van der Waals surface area contributed by atoms with Gasteiger partial charge in [0.2, 0.25) is 0 Å². The molecule has 1 fully saturated rings. The number of methoxy groups -OCH3 is 1. The molecule has 1 atom stereocenters. The van der Waals surface area contributed by atoms with Crippen LogP contribution < -0.4 is 0 Å². The van der Waals surface area contributed by atoms with Gasteiger partial charge in [0.15, 0.2) is 0 Å². The first-order valence-corrected chi connectivity index (χ1v) is 11.0. The highest BCUT2D eigenvalue weighted by molar-refractivity contribution is 7.99. The van der Waals surface area contributed by atoms with Crippen LogP contribution in [0.5, 0.6) is 0 Å². The predicted molar refractivity (Wildman–Crippen MR) is 119 cm³/mol. The molecule has 1 aliphatic rings. The number of aliphatic carboxylic acids is 1. The molecule has 0 spiro atoms. The van der Waals surface area contributed by atoms with Gasteiger partial charge in [-0.3, -0.25) is 9.69 Å². The van der Waals surface area contributed by atoms with Gasteiger partial charge in [0, 0.05) is 36.0 Å². The van der Waals surface area contributed by atoms with Crippen LogP contribution in [0, 0.1) is 0 Å². The van der Waals surface area contributed by atoms with Gasteiger partial charge in [-0.05, 0) is 37.5 Å². The summed E-state index contributed by atoms with van der Waals surface area (Å²) in [4.78, 5) is 33.8. The summed E-state index contributed by atoms with van der Waals surface area (Å²) in [6.45, 7) is 5.86. The quantitative estimate of drug-likeness (QED) is 0.260. The number of likely N-dealkylation sites (tertiary alicyclic amines) is 1. The third-order valence-corrected chi connectivity index (χ3v) is 5.63. The number of carboxylic acid groups (broad SMARTS) is 1. The van der Waals surface area contributed by atoms with Crippen molar-refractivity contribution in [2.24, 2.45) is 0 Å². The molecule has 1 N–H and O–H groups in total. The van der Waals surface area contributed by atoms with E-state index in [1.54, 1.807) is 13.8 Å². The molecular formula is C21H28ClNO7S. The fraction of sp³-hybridized carbons (Fsp3) is 0.476. The summed E-state index contributed by atoms with van der Waals surface area (Å²) in [5.74, 6) is -0.854. The summed E-state index contributed by atoms with van der Waals surface area (Å²) in [6, 6.07) is 7.64. The molecule has 1 saturated heterocycles. The number of rotatable bonds is 8. The van der Waals surface area contributed by atoms with Crippen molar-refractivity contribution in [3.8, 4) is 0 Å². The lowest BCUT2D eigenvalue weighted by molar-refractivity contribution is -0.131. The van der Waals surface area contributed by atoms with Crippen molar-refractivity contribution in [3.05, 3.63) is 46.5 Å². The number of carboxylic acids is 1. The summed E-state index contributed by atoms with van der Waals surface area (Å²) in [7, 11) is 1.31. The minimum Gasteiger partial charge on any atom is -0.478 e. The Bertz CT molecular complexity index is 757. The molecule has 0 bridgehead atoms. The summed E-state index contributed by atoms with van der Waals surface area (Å²) >= 11 is 7.63. The van der Waals surface area contributed by atoms with Gasteiger partial charge in [-0.1, -0.05) is 29.8 Å². The molecule has 1 aromatic carbocycles. The summed E-state index contributed by atoms with van der Waals surface area (Å²) in [5, 5.41) is 9.87. The molecule has 1 aliphatic heterocycles. The Balaban J connectivity index is 0.00000110. The van der Waals surface area contributed by atoms with Crippen molar-refractivity contribution in [2.75, 3.05) is 26.1 Å². The van der Waals surface area contributed by atoms with Crippen LogP contribution in [0.25, 0.3) is 0 Å². The molecule has 1 heterocycles. The molecule has 1 unspecified atom stereocenters. The van der Waals surface area contributed by atoms with E-state index in [0.717, 1.165) is 24.1 Å². The molecule has 0 aliphatic carbocycles. The van der Waals surface area contributed by atoms with Crippen LogP contribution in [0.2, 0.25) is 5.02 Å². The van der Waals surface area contributed by atoms with E-state index in [0.29, 0.717) is 24.6 Å². The maximum Gasteiger partial charge on any atom is 0.509 e. The highest BCUT2D eigenvalue weighted by Gasteiger charge is 2.26. The van der Waals surface area contributed by atoms with Crippen molar-refractivity contribution < 1.29 is 33.7 Å². The van der Waals surface area contributed by atoms with E-state index < -0.39 is 12.1 Å². The zero-order valence-corrected chi connectivity index (χ0v) is 19.4. The molecule has 172 valence electrons. The predicted octanol–water partition coefficient (Wildman–Crippen LogP) is 3.97. The zero-order chi connectivity index (χ0) is 23.2. The molecule has 0 saturated carbocycles. The highest BCUT2D eigenvalue weighted by atomic mass is 35.5. The standard InChI is InChI=1S/C19H24ClNO5S.C2H4O2/c1-13(2)26-19(24)25-12-27-17-7-8-21(11-15(17)9-18(22)23)10-14-5-3-4-6-16(14)20;1-4-2-3/h3-6,9,13,17H,7-8,10-12H2,1-2H3,(H,22,23);2H,1H3/b15-9-;. The van der Waals surface area contributed by atoms with Crippen LogP contribution in [0.1, 0.15) is 25.8 Å². The maximum absolute atomic E-state index is 11.5. The smallest absolute Gasteiger partial charge is 0.478 e. The second-order valence-corrected chi connectivity index (χ2v) is 8.36. The average molecular weight is 474 g/mol. The van der Waals surface area contributed by atoms with Gasteiger partial charge in [0.05, 0.1) is 13.2 Å².